The molecule has 5 heteroatoms. The summed E-state index contributed by atoms with van der Waals surface area (Å²) in [6.45, 7) is 5.33. The highest BCUT2D eigenvalue weighted by Gasteiger charge is 2.30. The largest absolute Gasteiger partial charge is 0.481 e. The van der Waals surface area contributed by atoms with Crippen molar-refractivity contribution in [3.8, 4) is 0 Å². The first-order chi connectivity index (χ1) is 6.81. The van der Waals surface area contributed by atoms with Gasteiger partial charge in [-0.1, -0.05) is 20.8 Å². The van der Waals surface area contributed by atoms with Gasteiger partial charge in [0.15, 0.2) is 0 Å². The zero-order valence-corrected chi connectivity index (χ0v) is 9.41. The lowest BCUT2D eigenvalue weighted by Crippen LogP contribution is -2.40. The van der Waals surface area contributed by atoms with E-state index in [-0.39, 0.29) is 31.4 Å². The third-order valence-electron chi connectivity index (χ3n) is 2.61. The summed E-state index contributed by atoms with van der Waals surface area (Å²) in [4.78, 5) is 21.7. The summed E-state index contributed by atoms with van der Waals surface area (Å²) in [6.07, 6.45) is -0.0853. The van der Waals surface area contributed by atoms with Crippen LogP contribution in [-0.2, 0) is 9.59 Å². The van der Waals surface area contributed by atoms with Gasteiger partial charge in [0.1, 0.15) is 0 Å². The van der Waals surface area contributed by atoms with E-state index in [0.717, 1.165) is 0 Å². The van der Waals surface area contributed by atoms with Crippen LogP contribution < -0.4 is 5.32 Å². The molecular weight excluding hydrogens is 198 g/mol. The molecule has 15 heavy (non-hydrogen) atoms. The van der Waals surface area contributed by atoms with Crippen LogP contribution >= 0.6 is 0 Å². The van der Waals surface area contributed by atoms with Crippen LogP contribution in [0.1, 0.15) is 27.2 Å². The first kappa shape index (κ1) is 13.9. The van der Waals surface area contributed by atoms with Crippen molar-refractivity contribution in [1.29, 1.82) is 0 Å². The topological polar surface area (TPSA) is 86.6 Å². The van der Waals surface area contributed by atoms with Gasteiger partial charge >= 0.3 is 5.97 Å². The average molecular weight is 217 g/mol. The Morgan fingerprint density at radius 3 is 2.33 bits per heavy atom. The van der Waals surface area contributed by atoms with Crippen molar-refractivity contribution in [2.24, 2.45) is 11.3 Å². The Morgan fingerprint density at radius 1 is 1.40 bits per heavy atom. The Labute approximate surface area is 89.5 Å². The van der Waals surface area contributed by atoms with Crippen molar-refractivity contribution in [2.75, 3.05) is 13.2 Å². The lowest BCUT2D eigenvalue weighted by Gasteiger charge is -2.28. The molecule has 0 aliphatic rings. The van der Waals surface area contributed by atoms with Gasteiger partial charge in [-0.15, -0.1) is 0 Å². The van der Waals surface area contributed by atoms with Gasteiger partial charge in [-0.2, -0.15) is 0 Å². The Balaban J connectivity index is 4.05. The zero-order chi connectivity index (χ0) is 12.1. The van der Waals surface area contributed by atoms with Crippen molar-refractivity contribution >= 4 is 11.9 Å². The SMILES string of the molecule is CC(C(=O)NCCC(=O)O)C(C)(C)CO. The molecule has 0 aromatic rings. The lowest BCUT2D eigenvalue weighted by molar-refractivity contribution is -0.137. The molecule has 0 fully saturated rings. The van der Waals surface area contributed by atoms with Gasteiger partial charge in [-0.3, -0.25) is 9.59 Å². The Morgan fingerprint density at radius 2 is 1.93 bits per heavy atom. The van der Waals surface area contributed by atoms with E-state index < -0.39 is 11.4 Å². The highest BCUT2D eigenvalue weighted by atomic mass is 16.4. The van der Waals surface area contributed by atoms with Crippen LogP contribution in [-0.4, -0.2) is 35.2 Å². The van der Waals surface area contributed by atoms with Crippen LogP contribution in [0.3, 0.4) is 0 Å². The minimum atomic E-state index is -0.940. The van der Waals surface area contributed by atoms with Crippen LogP contribution in [0, 0.1) is 11.3 Å². The molecule has 0 aromatic heterocycles. The van der Waals surface area contributed by atoms with Gasteiger partial charge in [0.05, 0.1) is 6.42 Å². The molecular formula is C10H19NO4. The number of amides is 1. The Hall–Kier alpha value is -1.10. The second-order valence-electron chi connectivity index (χ2n) is 4.30. The van der Waals surface area contributed by atoms with Crippen LogP contribution in [0.4, 0.5) is 0 Å². The summed E-state index contributed by atoms with van der Waals surface area (Å²) >= 11 is 0. The molecule has 0 heterocycles. The number of aliphatic carboxylic acids is 1. The van der Waals surface area contributed by atoms with E-state index in [2.05, 4.69) is 5.32 Å². The predicted molar refractivity (Wildman–Crippen MR) is 55.3 cm³/mol. The Kier molecular flexibility index (Phi) is 5.28. The molecule has 1 atom stereocenters. The maximum Gasteiger partial charge on any atom is 0.305 e. The number of aliphatic hydroxyl groups is 1. The number of rotatable bonds is 6. The molecule has 0 saturated carbocycles. The molecule has 88 valence electrons. The molecule has 5 nitrogen and oxygen atoms in total. The fourth-order valence-corrected chi connectivity index (χ4v) is 0.938. The molecule has 0 radical (unpaired) electrons. The smallest absolute Gasteiger partial charge is 0.305 e. The second-order valence-corrected chi connectivity index (χ2v) is 4.30. The summed E-state index contributed by atoms with van der Waals surface area (Å²) in [5, 5.41) is 20.0. The van der Waals surface area contributed by atoms with Gasteiger partial charge in [-0.05, 0) is 5.41 Å². The fourth-order valence-electron chi connectivity index (χ4n) is 0.938. The first-order valence-corrected chi connectivity index (χ1v) is 4.91. The summed E-state index contributed by atoms with van der Waals surface area (Å²) in [5.74, 6) is -1.52. The maximum atomic E-state index is 11.5. The van der Waals surface area contributed by atoms with Gasteiger partial charge in [0.25, 0.3) is 0 Å². The number of hydrogen-bond acceptors (Lipinski definition) is 3. The molecule has 0 rings (SSSR count). The molecule has 1 amide bonds. The number of nitrogens with one attached hydrogen (secondary N) is 1. The highest BCUT2D eigenvalue weighted by molar-refractivity contribution is 5.79. The van der Waals surface area contributed by atoms with Gasteiger partial charge in [0, 0.05) is 19.1 Å². The number of carboxylic acids is 1. The molecule has 0 aliphatic carbocycles. The average Bonchev–Trinajstić information content (AvgIpc) is 2.15. The maximum absolute atomic E-state index is 11.5. The molecule has 0 aromatic carbocycles. The molecule has 0 bridgehead atoms. The van der Waals surface area contributed by atoms with E-state index in [1.165, 1.54) is 0 Å². The molecule has 3 N–H and O–H groups in total. The monoisotopic (exact) mass is 217 g/mol. The van der Waals surface area contributed by atoms with Crippen molar-refractivity contribution in [3.05, 3.63) is 0 Å². The van der Waals surface area contributed by atoms with E-state index in [1.807, 2.05) is 0 Å². The van der Waals surface area contributed by atoms with Crippen LogP contribution in [0.5, 0.6) is 0 Å². The van der Waals surface area contributed by atoms with Crippen molar-refractivity contribution in [2.45, 2.75) is 27.2 Å². The highest BCUT2D eigenvalue weighted by Crippen LogP contribution is 2.25. The van der Waals surface area contributed by atoms with Crippen molar-refractivity contribution in [3.63, 3.8) is 0 Å². The molecule has 0 saturated heterocycles. The number of carbonyl (C=O) groups is 2. The summed E-state index contributed by atoms with van der Waals surface area (Å²) in [5.41, 5.74) is -0.493. The van der Waals surface area contributed by atoms with Crippen LogP contribution in [0.25, 0.3) is 0 Å². The van der Waals surface area contributed by atoms with Crippen molar-refractivity contribution in [1.82, 2.24) is 5.32 Å². The normalized spacial score (nSPS) is 13.3. The van der Waals surface area contributed by atoms with Crippen LogP contribution in [0.2, 0.25) is 0 Å². The molecule has 1 unspecified atom stereocenters. The predicted octanol–water partition coefficient (Wildman–Crippen LogP) is 0.232. The van der Waals surface area contributed by atoms with E-state index in [4.69, 9.17) is 10.2 Å². The van der Waals surface area contributed by atoms with Crippen LogP contribution in [0.15, 0.2) is 0 Å². The molecule has 0 aliphatic heterocycles. The van der Waals surface area contributed by atoms with E-state index in [0.29, 0.717) is 0 Å². The third-order valence-corrected chi connectivity index (χ3v) is 2.61. The van der Waals surface area contributed by atoms with Gasteiger partial charge in [0.2, 0.25) is 5.91 Å². The Bertz CT molecular complexity index is 238. The number of aliphatic hydroxyl groups excluding tert-OH is 1. The van der Waals surface area contributed by atoms with E-state index in [1.54, 1.807) is 20.8 Å². The first-order valence-electron chi connectivity index (χ1n) is 4.91. The van der Waals surface area contributed by atoms with Gasteiger partial charge < -0.3 is 15.5 Å². The standard InChI is InChI=1S/C10H19NO4/c1-7(10(2,3)6-12)9(15)11-5-4-8(13)14/h7,12H,4-6H2,1-3H3,(H,11,15)(H,13,14). The fraction of sp³-hybridized carbons (Fsp3) is 0.800. The number of carbonyl (C=O) groups excluding carboxylic acids is 1. The molecule has 0 spiro atoms. The summed E-state index contributed by atoms with van der Waals surface area (Å²) < 4.78 is 0. The van der Waals surface area contributed by atoms with Gasteiger partial charge in [-0.25, -0.2) is 0 Å². The minimum absolute atomic E-state index is 0.0828. The van der Waals surface area contributed by atoms with E-state index in [9.17, 15) is 9.59 Å². The van der Waals surface area contributed by atoms with Crippen molar-refractivity contribution < 1.29 is 19.8 Å². The number of hydrogen-bond donors (Lipinski definition) is 3. The second kappa shape index (κ2) is 5.70. The quantitative estimate of drug-likeness (QED) is 0.594. The summed E-state index contributed by atoms with van der Waals surface area (Å²) in [7, 11) is 0. The lowest BCUT2D eigenvalue weighted by atomic mass is 9.80. The zero-order valence-electron chi connectivity index (χ0n) is 9.41. The minimum Gasteiger partial charge on any atom is -0.481 e. The third kappa shape index (κ3) is 4.78. The number of carboxylic acid groups (broad SMARTS) is 1. The summed E-state index contributed by atoms with van der Waals surface area (Å²) in [6, 6.07) is 0. The van der Waals surface area contributed by atoms with E-state index >= 15 is 0 Å².